The zero-order valence-corrected chi connectivity index (χ0v) is 16.5. The van der Waals surface area contributed by atoms with Crippen LogP contribution in [-0.2, 0) is 6.54 Å². The molecule has 3 nitrogen and oxygen atoms in total. The maximum atomic E-state index is 13.6. The first-order chi connectivity index (χ1) is 13.2. The molecule has 0 radical (unpaired) electrons. The van der Waals surface area contributed by atoms with Crippen molar-refractivity contribution in [2.75, 3.05) is 38.2 Å². The molecule has 1 saturated heterocycles. The van der Waals surface area contributed by atoms with Crippen molar-refractivity contribution in [3.63, 3.8) is 0 Å². The van der Waals surface area contributed by atoms with E-state index in [1.165, 1.54) is 17.3 Å². The van der Waals surface area contributed by atoms with Crippen LogP contribution in [-0.4, -0.2) is 38.2 Å². The molecule has 1 fully saturated rings. The number of halogens is 1. The van der Waals surface area contributed by atoms with E-state index in [0.717, 1.165) is 45.4 Å². The molecule has 146 valence electrons. The van der Waals surface area contributed by atoms with Gasteiger partial charge in [-0.3, -0.25) is 4.90 Å². The molecule has 0 saturated carbocycles. The second-order valence-electron chi connectivity index (χ2n) is 7.55. The molecule has 0 N–H and O–H groups in total. The summed E-state index contributed by atoms with van der Waals surface area (Å²) in [5.74, 6) is 0.599. The average Bonchev–Trinajstić information content (AvgIpc) is 2.69. The molecule has 0 spiro atoms. The van der Waals surface area contributed by atoms with Crippen molar-refractivity contribution >= 4 is 5.69 Å². The van der Waals surface area contributed by atoms with Crippen LogP contribution in [0.25, 0.3) is 0 Å². The van der Waals surface area contributed by atoms with Gasteiger partial charge in [0.1, 0.15) is 0 Å². The lowest BCUT2D eigenvalue weighted by atomic mass is 9.97. The van der Waals surface area contributed by atoms with Crippen molar-refractivity contribution in [3.8, 4) is 5.75 Å². The third-order valence-electron chi connectivity index (χ3n) is 5.36. The van der Waals surface area contributed by atoms with E-state index >= 15 is 0 Å². The second kappa shape index (κ2) is 9.75. The van der Waals surface area contributed by atoms with Crippen molar-refractivity contribution in [2.24, 2.45) is 5.92 Å². The fraction of sp³-hybridized carbons (Fsp3) is 0.478. The van der Waals surface area contributed by atoms with Crippen molar-refractivity contribution in [1.82, 2.24) is 4.90 Å². The SMILES string of the molecule is CCCN(C)c1ccc(CN2CCC(COc3ccccc3F)CC2)cc1. The van der Waals surface area contributed by atoms with Crippen LogP contribution in [0.1, 0.15) is 31.7 Å². The van der Waals surface area contributed by atoms with Crippen molar-refractivity contribution in [1.29, 1.82) is 0 Å². The third-order valence-corrected chi connectivity index (χ3v) is 5.36. The first kappa shape index (κ1) is 19.7. The molecule has 2 aromatic carbocycles. The lowest BCUT2D eigenvalue weighted by Gasteiger charge is -2.32. The summed E-state index contributed by atoms with van der Waals surface area (Å²) in [5, 5.41) is 0. The minimum absolute atomic E-state index is 0.275. The van der Waals surface area contributed by atoms with Crippen molar-refractivity contribution in [2.45, 2.75) is 32.7 Å². The molecule has 0 atom stereocenters. The number of benzene rings is 2. The van der Waals surface area contributed by atoms with Gasteiger partial charge in [-0.15, -0.1) is 0 Å². The summed E-state index contributed by atoms with van der Waals surface area (Å²) in [5.41, 5.74) is 2.65. The van der Waals surface area contributed by atoms with E-state index in [-0.39, 0.29) is 5.82 Å². The van der Waals surface area contributed by atoms with Gasteiger partial charge in [-0.25, -0.2) is 4.39 Å². The van der Waals surface area contributed by atoms with Crippen molar-refractivity contribution in [3.05, 3.63) is 59.9 Å². The van der Waals surface area contributed by atoms with E-state index in [1.807, 2.05) is 6.07 Å². The molecule has 1 aliphatic rings. The minimum atomic E-state index is -0.275. The summed E-state index contributed by atoms with van der Waals surface area (Å²) in [7, 11) is 2.15. The monoisotopic (exact) mass is 370 g/mol. The number of hydrogen-bond donors (Lipinski definition) is 0. The molecule has 0 amide bonds. The van der Waals surface area contributed by atoms with E-state index in [2.05, 4.69) is 48.0 Å². The van der Waals surface area contributed by atoms with Gasteiger partial charge in [-0.2, -0.15) is 0 Å². The molecule has 27 heavy (non-hydrogen) atoms. The van der Waals surface area contributed by atoms with Crippen LogP contribution in [0.15, 0.2) is 48.5 Å². The maximum Gasteiger partial charge on any atom is 0.165 e. The number of likely N-dealkylation sites (tertiary alicyclic amines) is 1. The zero-order valence-electron chi connectivity index (χ0n) is 16.5. The van der Waals surface area contributed by atoms with Gasteiger partial charge >= 0.3 is 0 Å². The second-order valence-corrected chi connectivity index (χ2v) is 7.55. The standard InChI is InChI=1S/C23H31FN2O/c1-3-14-25(2)21-10-8-19(9-11-21)17-26-15-12-20(13-16-26)18-27-23-7-5-4-6-22(23)24/h4-11,20H,3,12-18H2,1-2H3. The molecular weight excluding hydrogens is 339 g/mol. The highest BCUT2D eigenvalue weighted by Gasteiger charge is 2.20. The van der Waals surface area contributed by atoms with Gasteiger partial charge < -0.3 is 9.64 Å². The van der Waals surface area contributed by atoms with Crippen LogP contribution in [0.5, 0.6) is 5.75 Å². The molecule has 3 rings (SSSR count). The molecule has 0 bridgehead atoms. The van der Waals surface area contributed by atoms with E-state index in [4.69, 9.17) is 4.74 Å². The largest absolute Gasteiger partial charge is 0.490 e. The molecule has 0 unspecified atom stereocenters. The van der Waals surface area contributed by atoms with Gasteiger partial charge in [-0.05, 0) is 68.1 Å². The normalized spacial score (nSPS) is 15.7. The highest BCUT2D eigenvalue weighted by Crippen LogP contribution is 2.23. The number of piperidine rings is 1. The van der Waals surface area contributed by atoms with Gasteiger partial charge in [0.05, 0.1) is 6.61 Å². The van der Waals surface area contributed by atoms with Gasteiger partial charge in [0.15, 0.2) is 11.6 Å². The number of rotatable bonds is 8. The van der Waals surface area contributed by atoms with Crippen LogP contribution in [0.4, 0.5) is 10.1 Å². The van der Waals surface area contributed by atoms with Gasteiger partial charge in [-0.1, -0.05) is 31.2 Å². The predicted octanol–water partition coefficient (Wildman–Crippen LogP) is 4.96. The Morgan fingerprint density at radius 2 is 1.78 bits per heavy atom. The van der Waals surface area contributed by atoms with Gasteiger partial charge in [0.2, 0.25) is 0 Å². The Labute approximate surface area is 162 Å². The Balaban J connectivity index is 1.42. The van der Waals surface area contributed by atoms with Gasteiger partial charge in [0, 0.05) is 25.8 Å². The third kappa shape index (κ3) is 5.70. The summed E-state index contributed by atoms with van der Waals surface area (Å²) in [4.78, 5) is 4.80. The molecular formula is C23H31FN2O. The van der Waals surface area contributed by atoms with Crippen molar-refractivity contribution < 1.29 is 9.13 Å². The summed E-state index contributed by atoms with van der Waals surface area (Å²) in [6, 6.07) is 15.6. The molecule has 0 aromatic heterocycles. The lowest BCUT2D eigenvalue weighted by molar-refractivity contribution is 0.134. The number of para-hydroxylation sites is 1. The summed E-state index contributed by atoms with van der Waals surface area (Å²) in [6.45, 7) is 7.04. The fourth-order valence-electron chi connectivity index (χ4n) is 3.66. The summed E-state index contributed by atoms with van der Waals surface area (Å²) >= 11 is 0. The summed E-state index contributed by atoms with van der Waals surface area (Å²) in [6.07, 6.45) is 3.37. The van der Waals surface area contributed by atoms with E-state index < -0.39 is 0 Å². The van der Waals surface area contributed by atoms with E-state index in [1.54, 1.807) is 12.1 Å². The quantitative estimate of drug-likeness (QED) is 0.653. The Hall–Kier alpha value is -2.07. The van der Waals surface area contributed by atoms with E-state index in [0.29, 0.717) is 18.3 Å². The van der Waals surface area contributed by atoms with Crippen LogP contribution in [0, 0.1) is 11.7 Å². The number of nitrogens with zero attached hydrogens (tertiary/aromatic N) is 2. The highest BCUT2D eigenvalue weighted by molar-refractivity contribution is 5.46. The molecule has 1 aliphatic heterocycles. The number of anilines is 1. The van der Waals surface area contributed by atoms with Crippen LogP contribution < -0.4 is 9.64 Å². The predicted molar refractivity (Wildman–Crippen MR) is 110 cm³/mol. The topological polar surface area (TPSA) is 15.7 Å². The smallest absolute Gasteiger partial charge is 0.165 e. The number of hydrogen-bond acceptors (Lipinski definition) is 3. The average molecular weight is 371 g/mol. The molecule has 4 heteroatoms. The first-order valence-electron chi connectivity index (χ1n) is 10.1. The Kier molecular flexibility index (Phi) is 7.11. The number of ether oxygens (including phenoxy) is 1. The maximum absolute atomic E-state index is 13.6. The fourth-order valence-corrected chi connectivity index (χ4v) is 3.66. The van der Waals surface area contributed by atoms with Crippen LogP contribution in [0.3, 0.4) is 0 Å². The van der Waals surface area contributed by atoms with E-state index in [9.17, 15) is 4.39 Å². The lowest BCUT2D eigenvalue weighted by Crippen LogP contribution is -2.35. The Morgan fingerprint density at radius 1 is 1.07 bits per heavy atom. The van der Waals surface area contributed by atoms with Crippen LogP contribution in [0.2, 0.25) is 0 Å². The summed E-state index contributed by atoms with van der Waals surface area (Å²) < 4.78 is 19.3. The van der Waals surface area contributed by atoms with Gasteiger partial charge in [0.25, 0.3) is 0 Å². The minimum Gasteiger partial charge on any atom is -0.490 e. The molecule has 2 aromatic rings. The molecule has 0 aliphatic carbocycles. The highest BCUT2D eigenvalue weighted by atomic mass is 19.1. The zero-order chi connectivity index (χ0) is 19.1. The Morgan fingerprint density at radius 3 is 2.44 bits per heavy atom. The van der Waals surface area contributed by atoms with Crippen LogP contribution >= 0.6 is 0 Å². The molecule has 1 heterocycles. The first-order valence-corrected chi connectivity index (χ1v) is 10.1. The Bertz CT molecular complexity index is 696.